The number of aryl methyl sites for hydroxylation is 1. The zero-order valence-electron chi connectivity index (χ0n) is 9.42. The number of hydrogen-bond acceptors (Lipinski definition) is 1. The number of hydrogen-bond donors (Lipinski definition) is 1. The molecule has 0 amide bonds. The highest BCUT2D eigenvalue weighted by molar-refractivity contribution is 5.77. The highest BCUT2D eigenvalue weighted by Crippen LogP contribution is 2.28. The van der Waals surface area contributed by atoms with Crippen molar-refractivity contribution in [3.63, 3.8) is 0 Å². The summed E-state index contributed by atoms with van der Waals surface area (Å²) in [5.74, 6) is -0.213. The van der Waals surface area contributed by atoms with Crippen LogP contribution in [0.15, 0.2) is 42.5 Å². The Hall–Kier alpha value is -1.83. The quantitative estimate of drug-likeness (QED) is 0.802. The van der Waals surface area contributed by atoms with Gasteiger partial charge in [-0.25, -0.2) is 4.39 Å². The van der Waals surface area contributed by atoms with Crippen LogP contribution < -0.4 is 5.32 Å². The van der Waals surface area contributed by atoms with Crippen molar-refractivity contribution >= 4 is 5.69 Å². The summed E-state index contributed by atoms with van der Waals surface area (Å²) in [7, 11) is 1.84. The van der Waals surface area contributed by atoms with Gasteiger partial charge in [-0.2, -0.15) is 0 Å². The molecule has 2 rings (SSSR count). The molecular formula is C14H14FN. The molecule has 0 unspecified atom stereocenters. The summed E-state index contributed by atoms with van der Waals surface area (Å²) in [6, 6.07) is 12.8. The molecule has 0 bridgehead atoms. The van der Waals surface area contributed by atoms with Crippen molar-refractivity contribution < 1.29 is 4.39 Å². The second-order valence-electron chi connectivity index (χ2n) is 3.81. The fourth-order valence-electron chi connectivity index (χ4n) is 1.71. The average molecular weight is 215 g/mol. The van der Waals surface area contributed by atoms with E-state index in [1.54, 1.807) is 12.1 Å². The Kier molecular flexibility index (Phi) is 2.91. The van der Waals surface area contributed by atoms with Crippen LogP contribution in [0, 0.1) is 12.7 Å². The van der Waals surface area contributed by atoms with Gasteiger partial charge in [0.1, 0.15) is 5.82 Å². The first kappa shape index (κ1) is 10.7. The fraction of sp³-hybridized carbons (Fsp3) is 0.143. The molecule has 1 N–H and O–H groups in total. The molecule has 0 spiro atoms. The van der Waals surface area contributed by atoms with E-state index < -0.39 is 0 Å². The third kappa shape index (κ3) is 2.06. The molecule has 2 aromatic carbocycles. The Labute approximate surface area is 94.9 Å². The third-order valence-electron chi connectivity index (χ3n) is 2.61. The van der Waals surface area contributed by atoms with E-state index in [-0.39, 0.29) is 5.82 Å². The normalized spacial score (nSPS) is 10.2. The van der Waals surface area contributed by atoms with E-state index in [4.69, 9.17) is 0 Å². The van der Waals surface area contributed by atoms with Gasteiger partial charge in [0, 0.05) is 18.3 Å². The number of nitrogens with one attached hydrogen (secondary N) is 1. The standard InChI is InChI=1S/C14H14FN/c1-10-3-5-11(6-4-10)13-9-12(15)7-8-14(13)16-2/h3-9,16H,1-2H3. The minimum Gasteiger partial charge on any atom is -0.388 e. The second kappa shape index (κ2) is 4.35. The van der Waals surface area contributed by atoms with E-state index in [1.165, 1.54) is 11.6 Å². The van der Waals surface area contributed by atoms with Crippen molar-refractivity contribution in [2.75, 3.05) is 12.4 Å². The molecule has 2 heteroatoms. The molecule has 1 nitrogen and oxygen atoms in total. The van der Waals surface area contributed by atoms with E-state index in [0.717, 1.165) is 16.8 Å². The molecular weight excluding hydrogens is 201 g/mol. The molecule has 16 heavy (non-hydrogen) atoms. The van der Waals surface area contributed by atoms with Gasteiger partial charge in [-0.1, -0.05) is 29.8 Å². The monoisotopic (exact) mass is 215 g/mol. The van der Waals surface area contributed by atoms with Crippen LogP contribution in [0.25, 0.3) is 11.1 Å². The van der Waals surface area contributed by atoms with Crippen LogP contribution in [-0.2, 0) is 0 Å². The lowest BCUT2D eigenvalue weighted by molar-refractivity contribution is 0.628. The van der Waals surface area contributed by atoms with Crippen LogP contribution in [0.5, 0.6) is 0 Å². The predicted molar refractivity (Wildman–Crippen MR) is 66.1 cm³/mol. The fourth-order valence-corrected chi connectivity index (χ4v) is 1.71. The van der Waals surface area contributed by atoms with Crippen molar-refractivity contribution in [3.05, 3.63) is 53.8 Å². The molecule has 0 aliphatic heterocycles. The Morgan fingerprint density at radius 2 is 1.69 bits per heavy atom. The highest BCUT2D eigenvalue weighted by Gasteiger charge is 2.05. The van der Waals surface area contributed by atoms with E-state index in [1.807, 2.05) is 38.2 Å². The van der Waals surface area contributed by atoms with Gasteiger partial charge in [-0.05, 0) is 30.7 Å². The van der Waals surface area contributed by atoms with Crippen molar-refractivity contribution in [1.82, 2.24) is 0 Å². The molecule has 0 saturated carbocycles. The van der Waals surface area contributed by atoms with Gasteiger partial charge in [0.15, 0.2) is 0 Å². The lowest BCUT2D eigenvalue weighted by Crippen LogP contribution is -1.92. The summed E-state index contributed by atoms with van der Waals surface area (Å²) in [6.45, 7) is 2.04. The molecule has 0 radical (unpaired) electrons. The van der Waals surface area contributed by atoms with Gasteiger partial charge >= 0.3 is 0 Å². The molecule has 0 aliphatic carbocycles. The molecule has 82 valence electrons. The van der Waals surface area contributed by atoms with E-state index in [2.05, 4.69) is 5.32 Å². The minimum absolute atomic E-state index is 0.213. The summed E-state index contributed by atoms with van der Waals surface area (Å²) < 4.78 is 13.2. The summed E-state index contributed by atoms with van der Waals surface area (Å²) in [6.07, 6.45) is 0. The average Bonchev–Trinajstić information content (AvgIpc) is 2.30. The largest absolute Gasteiger partial charge is 0.388 e. The Morgan fingerprint density at radius 3 is 2.31 bits per heavy atom. The van der Waals surface area contributed by atoms with Crippen LogP contribution in [0.1, 0.15) is 5.56 Å². The Bertz CT molecular complexity index is 489. The molecule has 0 heterocycles. The Balaban J connectivity index is 2.53. The SMILES string of the molecule is CNc1ccc(F)cc1-c1ccc(C)cc1. The molecule has 0 aromatic heterocycles. The number of anilines is 1. The summed E-state index contributed by atoms with van der Waals surface area (Å²) in [5, 5.41) is 3.07. The first-order valence-electron chi connectivity index (χ1n) is 5.25. The minimum atomic E-state index is -0.213. The third-order valence-corrected chi connectivity index (χ3v) is 2.61. The maximum Gasteiger partial charge on any atom is 0.123 e. The number of benzene rings is 2. The predicted octanol–water partition coefficient (Wildman–Crippen LogP) is 3.84. The second-order valence-corrected chi connectivity index (χ2v) is 3.81. The van der Waals surface area contributed by atoms with E-state index in [9.17, 15) is 4.39 Å². The van der Waals surface area contributed by atoms with Crippen molar-refractivity contribution in [2.24, 2.45) is 0 Å². The lowest BCUT2D eigenvalue weighted by atomic mass is 10.0. The Morgan fingerprint density at radius 1 is 1.00 bits per heavy atom. The van der Waals surface area contributed by atoms with Gasteiger partial charge in [0.05, 0.1) is 0 Å². The lowest BCUT2D eigenvalue weighted by Gasteiger charge is -2.09. The molecule has 2 aromatic rings. The van der Waals surface area contributed by atoms with Crippen LogP contribution in [-0.4, -0.2) is 7.05 Å². The van der Waals surface area contributed by atoms with Crippen molar-refractivity contribution in [2.45, 2.75) is 6.92 Å². The number of halogens is 1. The zero-order valence-corrected chi connectivity index (χ0v) is 9.42. The zero-order chi connectivity index (χ0) is 11.5. The van der Waals surface area contributed by atoms with Crippen LogP contribution >= 0.6 is 0 Å². The van der Waals surface area contributed by atoms with Crippen LogP contribution in [0.3, 0.4) is 0 Å². The van der Waals surface area contributed by atoms with Crippen LogP contribution in [0.2, 0.25) is 0 Å². The highest BCUT2D eigenvalue weighted by atomic mass is 19.1. The smallest absolute Gasteiger partial charge is 0.123 e. The number of rotatable bonds is 2. The van der Waals surface area contributed by atoms with Gasteiger partial charge in [0.2, 0.25) is 0 Å². The molecule has 0 saturated heterocycles. The summed E-state index contributed by atoms with van der Waals surface area (Å²) >= 11 is 0. The van der Waals surface area contributed by atoms with Crippen molar-refractivity contribution in [3.8, 4) is 11.1 Å². The van der Waals surface area contributed by atoms with Gasteiger partial charge in [-0.15, -0.1) is 0 Å². The summed E-state index contributed by atoms with van der Waals surface area (Å²) in [4.78, 5) is 0. The molecule has 0 atom stereocenters. The first-order valence-corrected chi connectivity index (χ1v) is 5.25. The van der Waals surface area contributed by atoms with Gasteiger partial charge < -0.3 is 5.32 Å². The summed E-state index contributed by atoms with van der Waals surface area (Å²) in [5.41, 5.74) is 4.05. The maximum atomic E-state index is 13.2. The topological polar surface area (TPSA) is 12.0 Å². The van der Waals surface area contributed by atoms with Crippen LogP contribution in [0.4, 0.5) is 10.1 Å². The van der Waals surface area contributed by atoms with Gasteiger partial charge in [-0.3, -0.25) is 0 Å². The van der Waals surface area contributed by atoms with E-state index in [0.29, 0.717) is 0 Å². The van der Waals surface area contributed by atoms with Crippen molar-refractivity contribution in [1.29, 1.82) is 0 Å². The maximum absolute atomic E-state index is 13.2. The molecule has 0 aliphatic rings. The molecule has 0 fully saturated rings. The van der Waals surface area contributed by atoms with E-state index >= 15 is 0 Å². The first-order chi connectivity index (χ1) is 7.70. The van der Waals surface area contributed by atoms with Gasteiger partial charge in [0.25, 0.3) is 0 Å².